The van der Waals surface area contributed by atoms with Crippen LogP contribution in [0.15, 0.2) is 24.3 Å². The summed E-state index contributed by atoms with van der Waals surface area (Å²) in [6, 6.07) is 7.91. The molecule has 1 aromatic carbocycles. The van der Waals surface area contributed by atoms with Gasteiger partial charge in [0.2, 0.25) is 0 Å². The van der Waals surface area contributed by atoms with Gasteiger partial charge in [0, 0.05) is 18.3 Å². The molecule has 0 fully saturated rings. The number of nitrogens with one attached hydrogen (secondary N) is 2. The van der Waals surface area contributed by atoms with Crippen molar-refractivity contribution in [2.24, 2.45) is 0 Å². The van der Waals surface area contributed by atoms with Crippen molar-refractivity contribution in [1.82, 2.24) is 5.32 Å². The zero-order valence-corrected chi connectivity index (χ0v) is 13.6. The second-order valence-electron chi connectivity index (χ2n) is 4.83. The first-order valence-electron chi connectivity index (χ1n) is 7.40. The van der Waals surface area contributed by atoms with Crippen molar-refractivity contribution in [2.45, 2.75) is 39.7 Å². The lowest BCUT2D eigenvalue weighted by molar-refractivity contribution is 0.0940. The van der Waals surface area contributed by atoms with Gasteiger partial charge in [-0.1, -0.05) is 26.0 Å². The van der Waals surface area contributed by atoms with Gasteiger partial charge >= 0.3 is 0 Å². The number of carbonyl (C=O) groups is 1. The molecule has 1 amide bonds. The van der Waals surface area contributed by atoms with E-state index >= 15 is 0 Å². The highest BCUT2D eigenvalue weighted by Crippen LogP contribution is 2.15. The monoisotopic (exact) mass is 294 g/mol. The standard InChI is InChI=1S/C16H26N2OS/c1-4-11-17-15-9-7-6-8-14(15)16(19)18-13(3)10-12-20-5-2/h6-9,13,17H,4-5,10-12H2,1-3H3,(H,18,19). The Kier molecular flexibility index (Phi) is 8.19. The minimum absolute atomic E-state index is 0.0122. The van der Waals surface area contributed by atoms with Crippen molar-refractivity contribution in [1.29, 1.82) is 0 Å². The number of thioether (sulfide) groups is 1. The molecule has 0 saturated carbocycles. The van der Waals surface area contributed by atoms with Gasteiger partial charge in [0.1, 0.15) is 0 Å². The molecule has 4 heteroatoms. The van der Waals surface area contributed by atoms with Gasteiger partial charge in [-0.15, -0.1) is 0 Å². The van der Waals surface area contributed by atoms with E-state index in [1.54, 1.807) is 0 Å². The highest BCUT2D eigenvalue weighted by Gasteiger charge is 2.13. The predicted octanol–water partition coefficient (Wildman–Crippen LogP) is 3.77. The van der Waals surface area contributed by atoms with Crippen LogP contribution in [0.5, 0.6) is 0 Å². The van der Waals surface area contributed by atoms with Crippen molar-refractivity contribution < 1.29 is 4.79 Å². The first-order valence-corrected chi connectivity index (χ1v) is 8.56. The summed E-state index contributed by atoms with van der Waals surface area (Å²) in [7, 11) is 0. The fraction of sp³-hybridized carbons (Fsp3) is 0.562. The number of amides is 1. The molecule has 20 heavy (non-hydrogen) atoms. The van der Waals surface area contributed by atoms with E-state index in [1.165, 1.54) is 0 Å². The molecule has 112 valence electrons. The molecule has 2 N–H and O–H groups in total. The number of anilines is 1. The van der Waals surface area contributed by atoms with Gasteiger partial charge in [-0.25, -0.2) is 0 Å². The minimum atomic E-state index is 0.0122. The maximum atomic E-state index is 12.3. The number of para-hydroxylation sites is 1. The zero-order chi connectivity index (χ0) is 14.8. The molecule has 3 nitrogen and oxygen atoms in total. The number of rotatable bonds is 9. The fourth-order valence-corrected chi connectivity index (χ4v) is 2.68. The van der Waals surface area contributed by atoms with Crippen LogP contribution in [0.25, 0.3) is 0 Å². The van der Waals surface area contributed by atoms with E-state index in [0.717, 1.165) is 42.1 Å². The molecule has 1 atom stereocenters. The van der Waals surface area contributed by atoms with Gasteiger partial charge in [-0.3, -0.25) is 4.79 Å². The largest absolute Gasteiger partial charge is 0.384 e. The number of hydrogen-bond acceptors (Lipinski definition) is 3. The molecule has 1 rings (SSSR count). The highest BCUT2D eigenvalue weighted by molar-refractivity contribution is 7.99. The van der Waals surface area contributed by atoms with Crippen molar-refractivity contribution in [3.8, 4) is 0 Å². The van der Waals surface area contributed by atoms with Crippen molar-refractivity contribution in [2.75, 3.05) is 23.4 Å². The van der Waals surface area contributed by atoms with Gasteiger partial charge in [0.25, 0.3) is 5.91 Å². The Morgan fingerprint density at radius 3 is 2.75 bits per heavy atom. The van der Waals surface area contributed by atoms with Crippen LogP contribution in [-0.4, -0.2) is 30.0 Å². The molecule has 0 spiro atoms. The number of carbonyl (C=O) groups excluding carboxylic acids is 1. The van der Waals surface area contributed by atoms with E-state index in [0.29, 0.717) is 0 Å². The second kappa shape index (κ2) is 9.70. The smallest absolute Gasteiger partial charge is 0.253 e. The van der Waals surface area contributed by atoms with E-state index in [4.69, 9.17) is 0 Å². The van der Waals surface area contributed by atoms with Crippen molar-refractivity contribution in [3.05, 3.63) is 29.8 Å². The lowest BCUT2D eigenvalue weighted by Gasteiger charge is -2.16. The first-order chi connectivity index (χ1) is 9.69. The lowest BCUT2D eigenvalue weighted by atomic mass is 10.1. The van der Waals surface area contributed by atoms with Gasteiger partial charge in [-0.2, -0.15) is 11.8 Å². The molecule has 1 unspecified atom stereocenters. The third-order valence-electron chi connectivity index (χ3n) is 3.01. The summed E-state index contributed by atoms with van der Waals surface area (Å²) < 4.78 is 0. The summed E-state index contributed by atoms with van der Waals surface area (Å²) in [4.78, 5) is 12.3. The van der Waals surface area contributed by atoms with Crippen LogP contribution in [0.3, 0.4) is 0 Å². The molecule has 1 aromatic rings. The third kappa shape index (κ3) is 5.87. The Hall–Kier alpha value is -1.16. The Balaban J connectivity index is 2.57. The van der Waals surface area contributed by atoms with Crippen molar-refractivity contribution in [3.63, 3.8) is 0 Å². The van der Waals surface area contributed by atoms with Crippen LogP contribution in [0.2, 0.25) is 0 Å². The van der Waals surface area contributed by atoms with Gasteiger partial charge < -0.3 is 10.6 Å². The molecule has 0 saturated heterocycles. The lowest BCUT2D eigenvalue weighted by Crippen LogP contribution is -2.33. The quantitative estimate of drug-likeness (QED) is 0.681. The normalized spacial score (nSPS) is 11.9. The molecular weight excluding hydrogens is 268 g/mol. The van der Waals surface area contributed by atoms with Crippen LogP contribution in [-0.2, 0) is 0 Å². The Morgan fingerprint density at radius 1 is 1.30 bits per heavy atom. The van der Waals surface area contributed by atoms with E-state index in [1.807, 2.05) is 36.0 Å². The van der Waals surface area contributed by atoms with E-state index in [2.05, 4.69) is 31.4 Å². The number of benzene rings is 1. The Bertz CT molecular complexity index is 409. The molecule has 0 aromatic heterocycles. The van der Waals surface area contributed by atoms with E-state index < -0.39 is 0 Å². The number of hydrogen-bond donors (Lipinski definition) is 2. The molecule has 0 radical (unpaired) electrons. The molecule has 0 heterocycles. The predicted molar refractivity (Wildman–Crippen MR) is 89.8 cm³/mol. The Morgan fingerprint density at radius 2 is 2.05 bits per heavy atom. The van der Waals surface area contributed by atoms with Crippen LogP contribution >= 0.6 is 11.8 Å². The van der Waals surface area contributed by atoms with Crippen LogP contribution in [0, 0.1) is 0 Å². The molecule has 0 aliphatic rings. The van der Waals surface area contributed by atoms with Crippen molar-refractivity contribution >= 4 is 23.4 Å². The summed E-state index contributed by atoms with van der Waals surface area (Å²) in [5, 5.41) is 6.38. The second-order valence-corrected chi connectivity index (χ2v) is 6.23. The Labute approximate surface area is 126 Å². The van der Waals surface area contributed by atoms with Gasteiger partial charge in [0.15, 0.2) is 0 Å². The first kappa shape index (κ1) is 16.9. The van der Waals surface area contributed by atoms with E-state index in [-0.39, 0.29) is 11.9 Å². The summed E-state index contributed by atoms with van der Waals surface area (Å²) in [5.74, 6) is 2.23. The van der Waals surface area contributed by atoms with Crippen LogP contribution in [0.4, 0.5) is 5.69 Å². The maximum Gasteiger partial charge on any atom is 0.253 e. The average Bonchev–Trinajstić information content (AvgIpc) is 2.45. The molecule has 0 aliphatic carbocycles. The minimum Gasteiger partial charge on any atom is -0.384 e. The molecule has 0 aliphatic heterocycles. The summed E-state index contributed by atoms with van der Waals surface area (Å²) in [6.45, 7) is 7.22. The maximum absolute atomic E-state index is 12.3. The molecular formula is C16H26N2OS. The summed E-state index contributed by atoms with van der Waals surface area (Å²) in [5.41, 5.74) is 1.65. The van der Waals surface area contributed by atoms with Crippen LogP contribution < -0.4 is 10.6 Å². The topological polar surface area (TPSA) is 41.1 Å². The van der Waals surface area contributed by atoms with Gasteiger partial charge in [-0.05, 0) is 43.4 Å². The summed E-state index contributed by atoms with van der Waals surface area (Å²) >= 11 is 1.91. The van der Waals surface area contributed by atoms with Crippen LogP contribution in [0.1, 0.15) is 44.0 Å². The van der Waals surface area contributed by atoms with E-state index in [9.17, 15) is 4.79 Å². The third-order valence-corrected chi connectivity index (χ3v) is 3.95. The highest BCUT2D eigenvalue weighted by atomic mass is 32.2. The summed E-state index contributed by atoms with van der Waals surface area (Å²) in [6.07, 6.45) is 2.05. The van der Waals surface area contributed by atoms with Gasteiger partial charge in [0.05, 0.1) is 5.56 Å². The fourth-order valence-electron chi connectivity index (χ4n) is 1.87. The average molecular weight is 294 g/mol. The SMILES string of the molecule is CCCNc1ccccc1C(=O)NC(C)CCSCC. The zero-order valence-electron chi connectivity index (χ0n) is 12.7. The molecule has 0 bridgehead atoms.